The molecule has 0 bridgehead atoms. The van der Waals surface area contributed by atoms with Gasteiger partial charge in [-0.1, -0.05) is 30.3 Å². The Morgan fingerprint density at radius 3 is 2.21 bits per heavy atom. The van der Waals surface area contributed by atoms with E-state index in [1.807, 2.05) is 0 Å². The number of hydrogen-bond acceptors (Lipinski definition) is 4. The Hall–Kier alpha value is -1.60. The quantitative estimate of drug-likeness (QED) is 0.643. The zero-order valence-electron chi connectivity index (χ0n) is 10.0. The molecule has 7 heteroatoms. The normalized spacial score (nSPS) is 14.0. The molecule has 2 N–H and O–H groups in total. The van der Waals surface area contributed by atoms with Gasteiger partial charge in [-0.25, -0.2) is 0 Å². The second-order valence-electron chi connectivity index (χ2n) is 3.99. The van der Waals surface area contributed by atoms with Crippen LogP contribution in [0.3, 0.4) is 0 Å². The van der Waals surface area contributed by atoms with Gasteiger partial charge in [0.2, 0.25) is 0 Å². The van der Waals surface area contributed by atoms with Gasteiger partial charge < -0.3 is 14.9 Å². The maximum atomic E-state index is 12.6. The van der Waals surface area contributed by atoms with Crippen LogP contribution in [-0.2, 0) is 16.0 Å². The zero-order valence-corrected chi connectivity index (χ0v) is 10.0. The van der Waals surface area contributed by atoms with Crippen molar-refractivity contribution in [2.75, 3.05) is 7.11 Å². The molecule has 0 aliphatic heterocycles. The van der Waals surface area contributed by atoms with E-state index in [4.69, 9.17) is 0 Å². The van der Waals surface area contributed by atoms with E-state index in [9.17, 15) is 28.2 Å². The van der Waals surface area contributed by atoms with Gasteiger partial charge in [-0.2, -0.15) is 13.2 Å². The molecular formula is C12H13F3O4. The summed E-state index contributed by atoms with van der Waals surface area (Å²) in [5.41, 5.74) is 0.356. The van der Waals surface area contributed by atoms with Crippen molar-refractivity contribution in [2.45, 2.75) is 18.4 Å². The molecule has 1 atom stereocenters. The van der Waals surface area contributed by atoms with Crippen LogP contribution in [0.15, 0.2) is 30.3 Å². The molecular weight excluding hydrogens is 265 g/mol. The number of aliphatic hydroxyl groups is 2. The fraction of sp³-hybridized carbons (Fsp3) is 0.417. The molecule has 0 aliphatic carbocycles. The first-order valence-corrected chi connectivity index (χ1v) is 5.33. The predicted molar refractivity (Wildman–Crippen MR) is 58.9 cm³/mol. The summed E-state index contributed by atoms with van der Waals surface area (Å²) in [5, 5.41) is 18.4. The average Bonchev–Trinajstić information content (AvgIpc) is 2.34. The maximum absolute atomic E-state index is 12.6. The van der Waals surface area contributed by atoms with Gasteiger partial charge in [0.05, 0.1) is 7.11 Å². The lowest BCUT2D eigenvalue weighted by Crippen LogP contribution is -2.55. The highest BCUT2D eigenvalue weighted by molar-refractivity contribution is 5.74. The molecule has 0 radical (unpaired) electrons. The third kappa shape index (κ3) is 3.45. The largest absolute Gasteiger partial charge is 0.469 e. The van der Waals surface area contributed by atoms with Gasteiger partial charge in [0.25, 0.3) is 5.79 Å². The number of hydrogen-bond donors (Lipinski definition) is 2. The predicted octanol–water partition coefficient (Wildman–Crippen LogP) is 1.26. The summed E-state index contributed by atoms with van der Waals surface area (Å²) in [6, 6.07) is 7.72. The number of ether oxygens (including phenoxy) is 1. The fourth-order valence-corrected chi connectivity index (χ4v) is 1.58. The topological polar surface area (TPSA) is 66.8 Å². The molecule has 1 aromatic rings. The first kappa shape index (κ1) is 15.5. The van der Waals surface area contributed by atoms with Crippen molar-refractivity contribution in [3.8, 4) is 0 Å². The van der Waals surface area contributed by atoms with Crippen molar-refractivity contribution in [1.29, 1.82) is 0 Å². The second-order valence-corrected chi connectivity index (χ2v) is 3.99. The molecule has 0 fully saturated rings. The Morgan fingerprint density at radius 1 is 1.26 bits per heavy atom. The van der Waals surface area contributed by atoms with Crippen molar-refractivity contribution < 1.29 is 32.9 Å². The number of esters is 1. The smallest absolute Gasteiger partial charge is 0.443 e. The number of alkyl halides is 3. The fourth-order valence-electron chi connectivity index (χ4n) is 1.58. The minimum atomic E-state index is -5.36. The number of halogens is 3. The van der Waals surface area contributed by atoms with Gasteiger partial charge in [-0.05, 0) is 12.0 Å². The Labute approximate surface area is 107 Å². The van der Waals surface area contributed by atoms with Gasteiger partial charge in [-0.3, -0.25) is 4.79 Å². The van der Waals surface area contributed by atoms with Crippen molar-refractivity contribution in [1.82, 2.24) is 0 Å². The first-order valence-electron chi connectivity index (χ1n) is 5.33. The molecule has 0 heterocycles. The van der Waals surface area contributed by atoms with Gasteiger partial charge in [0, 0.05) is 0 Å². The van der Waals surface area contributed by atoms with E-state index in [0.717, 1.165) is 7.11 Å². The Kier molecular flexibility index (Phi) is 4.54. The molecule has 1 aromatic carbocycles. The van der Waals surface area contributed by atoms with Crippen LogP contribution in [0.25, 0.3) is 0 Å². The lowest BCUT2D eigenvalue weighted by atomic mass is 9.90. The number of benzene rings is 1. The Morgan fingerprint density at radius 2 is 1.79 bits per heavy atom. The van der Waals surface area contributed by atoms with Crippen LogP contribution in [0.5, 0.6) is 0 Å². The molecule has 106 valence electrons. The second kappa shape index (κ2) is 5.58. The lowest BCUT2D eigenvalue weighted by Gasteiger charge is -2.31. The first-order chi connectivity index (χ1) is 8.70. The number of carbonyl (C=O) groups excluding carboxylic acids is 1. The van der Waals surface area contributed by atoms with Crippen LogP contribution in [0.1, 0.15) is 5.56 Å². The minimum Gasteiger partial charge on any atom is -0.469 e. The highest BCUT2D eigenvalue weighted by Gasteiger charge is 2.60. The summed E-state index contributed by atoms with van der Waals surface area (Å²) in [5.74, 6) is -7.64. The molecule has 1 rings (SSSR count). The van der Waals surface area contributed by atoms with E-state index in [2.05, 4.69) is 4.74 Å². The summed E-state index contributed by atoms with van der Waals surface area (Å²) >= 11 is 0. The maximum Gasteiger partial charge on any atom is 0.443 e. The molecule has 0 aromatic heterocycles. The Bertz CT molecular complexity index is 428. The van der Waals surface area contributed by atoms with Crippen molar-refractivity contribution >= 4 is 5.97 Å². The Balaban J connectivity index is 3.06. The van der Waals surface area contributed by atoms with E-state index in [-0.39, 0.29) is 0 Å². The molecule has 0 amide bonds. The van der Waals surface area contributed by atoms with E-state index >= 15 is 0 Å². The summed E-state index contributed by atoms with van der Waals surface area (Å²) in [6.07, 6.45) is -5.86. The van der Waals surface area contributed by atoms with E-state index < -0.39 is 30.3 Å². The van der Waals surface area contributed by atoms with E-state index in [0.29, 0.717) is 5.56 Å². The van der Waals surface area contributed by atoms with Crippen LogP contribution >= 0.6 is 0 Å². The zero-order chi connectivity index (χ0) is 14.7. The molecule has 4 nitrogen and oxygen atoms in total. The van der Waals surface area contributed by atoms with Gasteiger partial charge in [0.1, 0.15) is 5.92 Å². The molecule has 0 saturated carbocycles. The van der Waals surface area contributed by atoms with Crippen LogP contribution in [0.2, 0.25) is 0 Å². The van der Waals surface area contributed by atoms with E-state index in [1.54, 1.807) is 18.2 Å². The van der Waals surface area contributed by atoms with E-state index in [1.165, 1.54) is 12.1 Å². The number of carbonyl (C=O) groups is 1. The van der Waals surface area contributed by atoms with Crippen LogP contribution in [0.4, 0.5) is 13.2 Å². The highest BCUT2D eigenvalue weighted by atomic mass is 19.4. The molecule has 19 heavy (non-hydrogen) atoms. The highest BCUT2D eigenvalue weighted by Crippen LogP contribution is 2.36. The van der Waals surface area contributed by atoms with Crippen LogP contribution < -0.4 is 0 Å². The molecule has 0 spiro atoms. The number of rotatable bonds is 4. The van der Waals surface area contributed by atoms with Crippen molar-refractivity contribution in [2.24, 2.45) is 5.92 Å². The van der Waals surface area contributed by atoms with Crippen molar-refractivity contribution in [3.05, 3.63) is 35.9 Å². The van der Waals surface area contributed by atoms with Gasteiger partial charge in [-0.15, -0.1) is 0 Å². The number of methoxy groups -OCH3 is 1. The monoisotopic (exact) mass is 278 g/mol. The summed E-state index contributed by atoms with van der Waals surface area (Å²) in [7, 11) is 0.882. The minimum absolute atomic E-state index is 0.356. The SMILES string of the molecule is COC(=O)C(Cc1ccccc1)C(O)(O)C(F)(F)F. The van der Waals surface area contributed by atoms with Gasteiger partial charge >= 0.3 is 12.1 Å². The van der Waals surface area contributed by atoms with Crippen LogP contribution in [0, 0.1) is 5.92 Å². The third-order valence-corrected chi connectivity index (χ3v) is 2.67. The lowest BCUT2D eigenvalue weighted by molar-refractivity contribution is -0.366. The van der Waals surface area contributed by atoms with Crippen LogP contribution in [-0.4, -0.2) is 35.3 Å². The molecule has 1 unspecified atom stereocenters. The molecule has 0 saturated heterocycles. The van der Waals surface area contributed by atoms with Crippen molar-refractivity contribution in [3.63, 3.8) is 0 Å². The summed E-state index contributed by atoms with van der Waals surface area (Å²) in [6.45, 7) is 0. The molecule has 0 aliphatic rings. The average molecular weight is 278 g/mol. The van der Waals surface area contributed by atoms with Gasteiger partial charge in [0.15, 0.2) is 0 Å². The summed E-state index contributed by atoms with van der Waals surface area (Å²) in [4.78, 5) is 11.4. The standard InChI is InChI=1S/C12H13F3O4/c1-19-10(16)9(11(17,18)12(13,14)15)7-8-5-3-2-4-6-8/h2-6,9,17-18H,7H2,1H3. The third-order valence-electron chi connectivity index (χ3n) is 2.67. The summed E-state index contributed by atoms with van der Waals surface area (Å²) < 4.78 is 41.9.